The fourth-order valence-electron chi connectivity index (χ4n) is 4.26. The molecule has 172 valence electrons. The number of hydrogen-bond acceptors (Lipinski definition) is 5. The number of nitrogens with zero attached hydrogens (tertiary/aromatic N) is 1. The molecule has 2 unspecified atom stereocenters. The summed E-state index contributed by atoms with van der Waals surface area (Å²) in [5.41, 5.74) is 2.10. The predicted octanol–water partition coefficient (Wildman–Crippen LogP) is 2.53. The van der Waals surface area contributed by atoms with Crippen LogP contribution in [0.15, 0.2) is 36.4 Å². The van der Waals surface area contributed by atoms with Crippen molar-refractivity contribution in [2.45, 2.75) is 31.3 Å². The number of fused-ring (bicyclic) bond motifs is 2. The minimum absolute atomic E-state index is 0.195. The topological polar surface area (TPSA) is 125 Å². The second kappa shape index (κ2) is 9.11. The molecule has 0 bridgehead atoms. The van der Waals surface area contributed by atoms with Gasteiger partial charge >= 0.3 is 5.97 Å². The summed E-state index contributed by atoms with van der Waals surface area (Å²) in [6.45, 7) is 0.283. The monoisotopic (exact) mass is 471 g/mol. The Kier molecular flexibility index (Phi) is 6.24. The van der Waals surface area contributed by atoms with Crippen molar-refractivity contribution in [3.63, 3.8) is 0 Å². The molecule has 9 nitrogen and oxygen atoms in total. The summed E-state index contributed by atoms with van der Waals surface area (Å²) in [7, 11) is 1.54. The van der Waals surface area contributed by atoms with Gasteiger partial charge in [0.25, 0.3) is 5.91 Å². The maximum absolute atomic E-state index is 13.4. The number of amides is 3. The van der Waals surface area contributed by atoms with Crippen molar-refractivity contribution in [1.82, 2.24) is 10.2 Å². The van der Waals surface area contributed by atoms with Crippen LogP contribution in [0, 0.1) is 0 Å². The van der Waals surface area contributed by atoms with Gasteiger partial charge < -0.3 is 25.4 Å². The zero-order chi connectivity index (χ0) is 23.7. The smallest absolute Gasteiger partial charge is 0.303 e. The van der Waals surface area contributed by atoms with E-state index in [1.54, 1.807) is 43.5 Å². The van der Waals surface area contributed by atoms with Crippen LogP contribution in [0.4, 0.5) is 5.69 Å². The van der Waals surface area contributed by atoms with Crippen molar-refractivity contribution in [2.24, 2.45) is 0 Å². The van der Waals surface area contributed by atoms with Crippen molar-refractivity contribution in [3.8, 4) is 16.9 Å². The summed E-state index contributed by atoms with van der Waals surface area (Å²) in [6, 6.07) is 8.81. The minimum Gasteiger partial charge on any atom is -0.496 e. The lowest BCUT2D eigenvalue weighted by molar-refractivity contribution is -0.139. The van der Waals surface area contributed by atoms with E-state index in [1.165, 1.54) is 4.90 Å². The number of benzene rings is 2. The largest absolute Gasteiger partial charge is 0.496 e. The van der Waals surface area contributed by atoms with Gasteiger partial charge in [0, 0.05) is 23.6 Å². The highest BCUT2D eigenvalue weighted by Crippen LogP contribution is 2.36. The summed E-state index contributed by atoms with van der Waals surface area (Å²) in [4.78, 5) is 50.7. The molecule has 0 aromatic heterocycles. The number of carbonyl (C=O) groups is 4. The molecule has 2 aliphatic rings. The van der Waals surface area contributed by atoms with Crippen molar-refractivity contribution in [3.05, 3.63) is 47.0 Å². The van der Waals surface area contributed by atoms with E-state index in [-0.39, 0.29) is 25.3 Å². The molecule has 33 heavy (non-hydrogen) atoms. The van der Waals surface area contributed by atoms with E-state index in [2.05, 4.69) is 10.6 Å². The van der Waals surface area contributed by atoms with Crippen LogP contribution in [0.5, 0.6) is 5.75 Å². The highest BCUT2D eigenvalue weighted by atomic mass is 35.5. The Morgan fingerprint density at radius 1 is 1.18 bits per heavy atom. The molecular formula is C23H22ClN3O6. The lowest BCUT2D eigenvalue weighted by Crippen LogP contribution is -2.51. The number of carbonyl (C=O) groups excluding carboxylic acids is 3. The molecule has 2 heterocycles. The number of anilines is 1. The quantitative estimate of drug-likeness (QED) is 0.594. The second-order valence-corrected chi connectivity index (χ2v) is 8.33. The number of ether oxygens (including phenoxy) is 1. The number of aliphatic carboxylic acids is 1. The van der Waals surface area contributed by atoms with Gasteiger partial charge in [-0.2, -0.15) is 0 Å². The summed E-state index contributed by atoms with van der Waals surface area (Å²) in [6.07, 6.45) is -0.113. The molecule has 0 spiro atoms. The van der Waals surface area contributed by atoms with Gasteiger partial charge in [-0.1, -0.05) is 17.7 Å². The summed E-state index contributed by atoms with van der Waals surface area (Å²) >= 11 is 6.16. The first-order chi connectivity index (χ1) is 15.8. The third kappa shape index (κ3) is 4.49. The van der Waals surface area contributed by atoms with Crippen LogP contribution in [-0.2, 0) is 14.4 Å². The molecule has 3 amide bonds. The van der Waals surface area contributed by atoms with E-state index in [0.717, 1.165) is 0 Å². The van der Waals surface area contributed by atoms with Crippen LogP contribution in [0.3, 0.4) is 0 Å². The molecule has 0 aliphatic carbocycles. The molecule has 10 heteroatoms. The first kappa shape index (κ1) is 22.6. The zero-order valence-electron chi connectivity index (χ0n) is 17.8. The van der Waals surface area contributed by atoms with Crippen LogP contribution in [0.25, 0.3) is 11.1 Å². The van der Waals surface area contributed by atoms with Crippen LogP contribution >= 0.6 is 11.6 Å². The number of rotatable bonds is 6. The van der Waals surface area contributed by atoms with E-state index < -0.39 is 29.9 Å². The maximum Gasteiger partial charge on any atom is 0.303 e. The highest BCUT2D eigenvalue weighted by molar-refractivity contribution is 6.31. The van der Waals surface area contributed by atoms with Crippen LogP contribution in [0.1, 0.15) is 29.6 Å². The number of nitrogens with one attached hydrogen (secondary N) is 2. The van der Waals surface area contributed by atoms with Gasteiger partial charge in [0.2, 0.25) is 11.8 Å². The van der Waals surface area contributed by atoms with Crippen LogP contribution in [-0.4, -0.2) is 59.4 Å². The van der Waals surface area contributed by atoms with Crippen molar-refractivity contribution < 1.29 is 29.0 Å². The number of hydrogen-bond donors (Lipinski definition) is 3. The van der Waals surface area contributed by atoms with Gasteiger partial charge in [-0.25, -0.2) is 0 Å². The van der Waals surface area contributed by atoms with E-state index in [0.29, 0.717) is 39.6 Å². The van der Waals surface area contributed by atoms with Gasteiger partial charge in [-0.15, -0.1) is 0 Å². The fraction of sp³-hybridized carbons (Fsp3) is 0.304. The first-order valence-electron chi connectivity index (χ1n) is 10.4. The number of carboxylic acids is 1. The minimum atomic E-state index is -1.08. The lowest BCUT2D eigenvalue weighted by atomic mass is 10.0. The number of carboxylic acid groups (broad SMARTS) is 1. The maximum atomic E-state index is 13.4. The third-order valence-corrected chi connectivity index (χ3v) is 6.06. The Morgan fingerprint density at radius 2 is 1.97 bits per heavy atom. The standard InChI is InChI=1S/C23H22ClN3O6/c1-33-18-5-3-13(24)11-14(18)12-2-4-16-15(10-12)23(32)27-9-8-17(21(27)22(31)26-16)25-19(28)6-7-20(29)30/h2-5,10-11,17,21H,6-9H2,1H3,(H,25,28)(H,26,31)(H,29,30). The average Bonchev–Trinajstić information content (AvgIpc) is 3.16. The van der Waals surface area contributed by atoms with Gasteiger partial charge in [0.15, 0.2) is 0 Å². The van der Waals surface area contributed by atoms with Gasteiger partial charge in [0.1, 0.15) is 11.8 Å². The molecule has 1 fully saturated rings. The van der Waals surface area contributed by atoms with Gasteiger partial charge in [0.05, 0.1) is 30.8 Å². The molecule has 2 aliphatic heterocycles. The Bertz CT molecular complexity index is 1150. The lowest BCUT2D eigenvalue weighted by Gasteiger charge is -2.25. The first-order valence-corrected chi connectivity index (χ1v) is 10.8. The van der Waals surface area contributed by atoms with E-state index in [9.17, 15) is 19.2 Å². The molecule has 2 aromatic rings. The molecular weight excluding hydrogens is 450 g/mol. The van der Waals surface area contributed by atoms with Crippen LogP contribution < -0.4 is 15.4 Å². The molecule has 2 atom stereocenters. The summed E-state index contributed by atoms with van der Waals surface area (Å²) in [5, 5.41) is 14.8. The highest BCUT2D eigenvalue weighted by Gasteiger charge is 2.45. The fourth-order valence-corrected chi connectivity index (χ4v) is 4.43. The number of methoxy groups -OCH3 is 1. The summed E-state index contributed by atoms with van der Waals surface area (Å²) < 4.78 is 5.42. The molecule has 4 rings (SSSR count). The number of halogens is 1. The molecule has 0 saturated carbocycles. The van der Waals surface area contributed by atoms with Gasteiger partial charge in [-0.05, 0) is 42.3 Å². The molecule has 3 N–H and O–H groups in total. The zero-order valence-corrected chi connectivity index (χ0v) is 18.5. The Morgan fingerprint density at radius 3 is 2.70 bits per heavy atom. The normalized spacial score (nSPS) is 19.3. The molecule has 2 aromatic carbocycles. The third-order valence-electron chi connectivity index (χ3n) is 5.82. The Balaban J connectivity index is 1.62. The molecule has 1 saturated heterocycles. The molecule has 0 radical (unpaired) electrons. The van der Waals surface area contributed by atoms with E-state index in [1.807, 2.05) is 0 Å². The Hall–Kier alpha value is -3.59. The Labute approximate surface area is 194 Å². The van der Waals surface area contributed by atoms with Crippen molar-refractivity contribution in [2.75, 3.05) is 19.0 Å². The predicted molar refractivity (Wildman–Crippen MR) is 120 cm³/mol. The van der Waals surface area contributed by atoms with Gasteiger partial charge in [-0.3, -0.25) is 19.2 Å². The van der Waals surface area contributed by atoms with Crippen LogP contribution in [0.2, 0.25) is 5.02 Å². The van der Waals surface area contributed by atoms with Crippen molar-refractivity contribution >= 4 is 41.0 Å². The second-order valence-electron chi connectivity index (χ2n) is 7.89. The SMILES string of the molecule is COc1ccc(Cl)cc1-c1ccc2c(c1)C(=O)N1CCC(NC(=O)CCC(=O)O)C1C(=O)N2. The average molecular weight is 472 g/mol. The van der Waals surface area contributed by atoms with E-state index >= 15 is 0 Å². The summed E-state index contributed by atoms with van der Waals surface area (Å²) in [5.74, 6) is -1.70. The van der Waals surface area contributed by atoms with E-state index in [4.69, 9.17) is 21.4 Å². The van der Waals surface area contributed by atoms with Crippen molar-refractivity contribution in [1.29, 1.82) is 0 Å².